The third-order valence-electron chi connectivity index (χ3n) is 3.40. The highest BCUT2D eigenvalue weighted by Crippen LogP contribution is 2.08. The lowest BCUT2D eigenvalue weighted by Crippen LogP contribution is -2.44. The standard InChI is InChI=1S/C12H19N5O2/c1-9(10(2)17-6-3-4-15-17)14-8-11(18)16-7-5-13-12(16)19/h3-4,6,9-10,14H,5,7-8H2,1-2H3,(H,13,19)/t9-,10+/m1/s1. The Kier molecular flexibility index (Phi) is 4.16. The molecule has 0 spiro atoms. The molecule has 0 radical (unpaired) electrons. The second-order valence-electron chi connectivity index (χ2n) is 4.67. The predicted octanol–water partition coefficient (Wildman–Crippen LogP) is -0.0260. The summed E-state index contributed by atoms with van der Waals surface area (Å²) in [4.78, 5) is 24.4. The zero-order chi connectivity index (χ0) is 13.8. The van der Waals surface area contributed by atoms with E-state index in [0.717, 1.165) is 0 Å². The number of carbonyl (C=O) groups excluding carboxylic acids is 2. The number of hydrogen-bond donors (Lipinski definition) is 2. The molecule has 0 bridgehead atoms. The van der Waals surface area contributed by atoms with Crippen LogP contribution in [0.5, 0.6) is 0 Å². The van der Waals surface area contributed by atoms with Gasteiger partial charge in [0.25, 0.3) is 0 Å². The number of amides is 3. The minimum Gasteiger partial charge on any atom is -0.336 e. The van der Waals surface area contributed by atoms with Gasteiger partial charge in [-0.05, 0) is 19.9 Å². The van der Waals surface area contributed by atoms with Crippen molar-refractivity contribution in [3.05, 3.63) is 18.5 Å². The maximum Gasteiger partial charge on any atom is 0.324 e. The number of urea groups is 1. The van der Waals surface area contributed by atoms with Crippen LogP contribution >= 0.6 is 0 Å². The molecule has 1 aliphatic rings. The van der Waals surface area contributed by atoms with E-state index in [1.165, 1.54) is 4.90 Å². The van der Waals surface area contributed by atoms with Crippen molar-refractivity contribution < 1.29 is 9.59 Å². The van der Waals surface area contributed by atoms with Gasteiger partial charge in [0.2, 0.25) is 5.91 Å². The number of hydrogen-bond acceptors (Lipinski definition) is 4. The summed E-state index contributed by atoms with van der Waals surface area (Å²) in [6.45, 7) is 5.15. The first-order valence-corrected chi connectivity index (χ1v) is 6.40. The largest absolute Gasteiger partial charge is 0.336 e. The van der Waals surface area contributed by atoms with Crippen molar-refractivity contribution in [2.45, 2.75) is 25.9 Å². The lowest BCUT2D eigenvalue weighted by Gasteiger charge is -2.22. The number of rotatable bonds is 5. The van der Waals surface area contributed by atoms with E-state index in [4.69, 9.17) is 0 Å². The second-order valence-corrected chi connectivity index (χ2v) is 4.67. The summed E-state index contributed by atoms with van der Waals surface area (Å²) in [6, 6.07) is 1.77. The van der Waals surface area contributed by atoms with Crippen LogP contribution in [0.25, 0.3) is 0 Å². The molecule has 0 aliphatic carbocycles. The minimum absolute atomic E-state index is 0.0783. The Morgan fingerprint density at radius 3 is 2.95 bits per heavy atom. The van der Waals surface area contributed by atoms with Gasteiger partial charge in [-0.3, -0.25) is 14.4 Å². The molecule has 1 aromatic heterocycles. The van der Waals surface area contributed by atoms with Crippen LogP contribution in [-0.4, -0.2) is 52.3 Å². The highest BCUT2D eigenvalue weighted by molar-refractivity contribution is 5.96. The van der Waals surface area contributed by atoms with Gasteiger partial charge in [-0.1, -0.05) is 0 Å². The first-order chi connectivity index (χ1) is 9.09. The summed E-state index contributed by atoms with van der Waals surface area (Å²) in [5.41, 5.74) is 0. The summed E-state index contributed by atoms with van der Waals surface area (Å²) in [5, 5.41) is 9.91. The SMILES string of the molecule is C[C@@H](NCC(=O)N1CCNC1=O)[C@H](C)n1cccn1. The predicted molar refractivity (Wildman–Crippen MR) is 69.5 cm³/mol. The Bertz CT molecular complexity index is 445. The van der Waals surface area contributed by atoms with E-state index in [2.05, 4.69) is 15.7 Å². The highest BCUT2D eigenvalue weighted by Gasteiger charge is 2.26. The Balaban J connectivity index is 1.81. The lowest BCUT2D eigenvalue weighted by atomic mass is 10.2. The van der Waals surface area contributed by atoms with Crippen molar-refractivity contribution in [2.75, 3.05) is 19.6 Å². The van der Waals surface area contributed by atoms with Gasteiger partial charge in [0.05, 0.1) is 12.6 Å². The molecule has 1 aromatic rings. The monoisotopic (exact) mass is 265 g/mol. The second kappa shape index (κ2) is 5.83. The molecule has 7 nitrogen and oxygen atoms in total. The fraction of sp³-hybridized carbons (Fsp3) is 0.583. The van der Waals surface area contributed by atoms with Crippen molar-refractivity contribution in [1.82, 2.24) is 25.3 Å². The Labute approximate surface area is 111 Å². The zero-order valence-corrected chi connectivity index (χ0v) is 11.2. The molecule has 0 unspecified atom stereocenters. The average molecular weight is 265 g/mol. The fourth-order valence-electron chi connectivity index (χ4n) is 1.97. The van der Waals surface area contributed by atoms with Crippen LogP contribution in [0.1, 0.15) is 19.9 Å². The van der Waals surface area contributed by atoms with E-state index in [9.17, 15) is 9.59 Å². The van der Waals surface area contributed by atoms with Gasteiger partial charge in [-0.25, -0.2) is 4.79 Å². The van der Waals surface area contributed by atoms with Gasteiger partial charge in [0, 0.05) is 31.5 Å². The summed E-state index contributed by atoms with van der Waals surface area (Å²) in [6.07, 6.45) is 3.61. The molecule has 3 amide bonds. The molecular formula is C12H19N5O2. The lowest BCUT2D eigenvalue weighted by molar-refractivity contribution is -0.126. The van der Waals surface area contributed by atoms with Crippen LogP contribution in [0.3, 0.4) is 0 Å². The zero-order valence-electron chi connectivity index (χ0n) is 11.2. The van der Waals surface area contributed by atoms with E-state index in [-0.39, 0.29) is 30.6 Å². The molecule has 7 heteroatoms. The molecule has 2 heterocycles. The van der Waals surface area contributed by atoms with Gasteiger partial charge in [0.1, 0.15) is 0 Å². The van der Waals surface area contributed by atoms with Crippen molar-refractivity contribution in [1.29, 1.82) is 0 Å². The van der Waals surface area contributed by atoms with Gasteiger partial charge >= 0.3 is 6.03 Å². The quantitative estimate of drug-likeness (QED) is 0.784. The van der Waals surface area contributed by atoms with E-state index >= 15 is 0 Å². The molecule has 104 valence electrons. The summed E-state index contributed by atoms with van der Waals surface area (Å²) < 4.78 is 1.84. The normalized spacial score (nSPS) is 18.2. The van der Waals surface area contributed by atoms with Gasteiger partial charge < -0.3 is 10.6 Å². The first kappa shape index (κ1) is 13.5. The Hall–Kier alpha value is -1.89. The van der Waals surface area contributed by atoms with Crippen LogP contribution < -0.4 is 10.6 Å². The number of imide groups is 1. The van der Waals surface area contributed by atoms with E-state index in [1.54, 1.807) is 6.20 Å². The third kappa shape index (κ3) is 3.11. The van der Waals surface area contributed by atoms with Crippen molar-refractivity contribution in [3.63, 3.8) is 0 Å². The average Bonchev–Trinajstić information content (AvgIpc) is 3.05. The first-order valence-electron chi connectivity index (χ1n) is 6.40. The maximum atomic E-state index is 11.8. The molecular weight excluding hydrogens is 246 g/mol. The summed E-state index contributed by atoms with van der Waals surface area (Å²) >= 11 is 0. The topological polar surface area (TPSA) is 79.3 Å². The van der Waals surface area contributed by atoms with Crippen LogP contribution in [0.4, 0.5) is 4.79 Å². The van der Waals surface area contributed by atoms with Crippen molar-refractivity contribution in [3.8, 4) is 0 Å². The molecule has 2 N–H and O–H groups in total. The van der Waals surface area contributed by atoms with Gasteiger partial charge in [-0.15, -0.1) is 0 Å². The Morgan fingerprint density at radius 2 is 2.37 bits per heavy atom. The number of nitrogens with one attached hydrogen (secondary N) is 2. The van der Waals surface area contributed by atoms with E-state index < -0.39 is 0 Å². The van der Waals surface area contributed by atoms with Crippen molar-refractivity contribution >= 4 is 11.9 Å². The van der Waals surface area contributed by atoms with Gasteiger partial charge in [-0.2, -0.15) is 5.10 Å². The molecule has 2 rings (SSSR count). The molecule has 1 aliphatic heterocycles. The Morgan fingerprint density at radius 1 is 1.58 bits per heavy atom. The number of carbonyl (C=O) groups is 2. The van der Waals surface area contributed by atoms with Crippen molar-refractivity contribution in [2.24, 2.45) is 0 Å². The van der Waals surface area contributed by atoms with Crippen LogP contribution in [0, 0.1) is 0 Å². The molecule has 0 saturated carbocycles. The summed E-state index contributed by atoms with van der Waals surface area (Å²) in [7, 11) is 0. The molecule has 0 aromatic carbocycles. The number of nitrogens with zero attached hydrogens (tertiary/aromatic N) is 3. The highest BCUT2D eigenvalue weighted by atomic mass is 16.2. The molecule has 2 atom stereocenters. The molecule has 19 heavy (non-hydrogen) atoms. The third-order valence-corrected chi connectivity index (χ3v) is 3.40. The fourth-order valence-corrected chi connectivity index (χ4v) is 1.97. The number of aromatic nitrogens is 2. The van der Waals surface area contributed by atoms with E-state index in [1.807, 2.05) is 30.8 Å². The van der Waals surface area contributed by atoms with Crippen LogP contribution in [0.15, 0.2) is 18.5 Å². The minimum atomic E-state index is -0.306. The van der Waals surface area contributed by atoms with E-state index in [0.29, 0.717) is 13.1 Å². The molecule has 1 fully saturated rings. The maximum absolute atomic E-state index is 11.8. The van der Waals surface area contributed by atoms with Crippen LogP contribution in [0.2, 0.25) is 0 Å². The summed E-state index contributed by atoms with van der Waals surface area (Å²) in [5.74, 6) is -0.200. The molecule has 1 saturated heterocycles. The van der Waals surface area contributed by atoms with Gasteiger partial charge in [0.15, 0.2) is 0 Å². The smallest absolute Gasteiger partial charge is 0.324 e. The van der Waals surface area contributed by atoms with Crippen LogP contribution in [-0.2, 0) is 4.79 Å².